The van der Waals surface area contributed by atoms with Crippen molar-refractivity contribution in [2.75, 3.05) is 13.2 Å². The van der Waals surface area contributed by atoms with E-state index in [2.05, 4.69) is 0 Å². The fourth-order valence-electron chi connectivity index (χ4n) is 1.52. The third kappa shape index (κ3) is 4.35. The van der Waals surface area contributed by atoms with E-state index in [9.17, 15) is 4.21 Å². The van der Waals surface area contributed by atoms with Crippen LogP contribution in [0.4, 0.5) is 0 Å². The highest BCUT2D eigenvalue weighted by atomic mass is 35.5. The zero-order valence-electron chi connectivity index (χ0n) is 10.3. The molecule has 0 amide bonds. The lowest BCUT2D eigenvalue weighted by molar-refractivity contribution is 0.328. The predicted molar refractivity (Wildman–Crippen MR) is 79.4 cm³/mol. The van der Waals surface area contributed by atoms with Gasteiger partial charge in [-0.1, -0.05) is 18.2 Å². The summed E-state index contributed by atoms with van der Waals surface area (Å²) in [4.78, 5) is 1.56. The summed E-state index contributed by atoms with van der Waals surface area (Å²) in [6.07, 6.45) is 0. The van der Waals surface area contributed by atoms with Gasteiger partial charge in [0.05, 0.1) is 10.8 Å². The van der Waals surface area contributed by atoms with Gasteiger partial charge in [-0.15, -0.1) is 12.4 Å². The van der Waals surface area contributed by atoms with E-state index in [1.165, 1.54) is 0 Å². The normalized spacial score (nSPS) is 11.4. The number of rotatable bonds is 5. The van der Waals surface area contributed by atoms with Crippen LogP contribution in [-0.2, 0) is 10.8 Å². The smallest absolute Gasteiger partial charge is 0.119 e. The summed E-state index contributed by atoms with van der Waals surface area (Å²) in [6.45, 7) is 0.971. The van der Waals surface area contributed by atoms with Crippen molar-refractivity contribution in [2.45, 2.75) is 9.79 Å². The Morgan fingerprint density at radius 1 is 0.947 bits per heavy atom. The average Bonchev–Trinajstić information content (AvgIpc) is 2.46. The summed E-state index contributed by atoms with van der Waals surface area (Å²) in [5, 5.41) is 0. The van der Waals surface area contributed by atoms with Gasteiger partial charge in [-0.25, -0.2) is 4.21 Å². The van der Waals surface area contributed by atoms with Crippen LogP contribution in [0.15, 0.2) is 64.4 Å². The highest BCUT2D eigenvalue weighted by Gasteiger charge is 2.06. The van der Waals surface area contributed by atoms with Gasteiger partial charge >= 0.3 is 0 Å². The van der Waals surface area contributed by atoms with Gasteiger partial charge in [-0.2, -0.15) is 0 Å². The Bertz CT molecular complexity index is 517. The molecule has 2 aromatic carbocycles. The fourth-order valence-corrected chi connectivity index (χ4v) is 2.58. The van der Waals surface area contributed by atoms with Crippen LogP contribution in [0.2, 0.25) is 0 Å². The number of halogens is 1. The average molecular weight is 298 g/mol. The van der Waals surface area contributed by atoms with Gasteiger partial charge in [0.15, 0.2) is 0 Å². The molecule has 0 fully saturated rings. The number of hydrogen-bond acceptors (Lipinski definition) is 3. The molecule has 0 spiro atoms. The number of ether oxygens (including phenoxy) is 1. The van der Waals surface area contributed by atoms with Crippen LogP contribution in [0, 0.1) is 0 Å². The van der Waals surface area contributed by atoms with Crippen molar-refractivity contribution in [3.8, 4) is 5.75 Å². The molecule has 2 N–H and O–H groups in total. The van der Waals surface area contributed by atoms with E-state index in [0.29, 0.717) is 13.2 Å². The van der Waals surface area contributed by atoms with E-state index in [0.717, 1.165) is 15.5 Å². The maximum Gasteiger partial charge on any atom is 0.119 e. The molecule has 0 saturated carbocycles. The molecule has 0 heterocycles. The molecular weight excluding hydrogens is 282 g/mol. The first kappa shape index (κ1) is 15.7. The van der Waals surface area contributed by atoms with Crippen molar-refractivity contribution >= 4 is 23.2 Å². The second-order valence-corrected chi connectivity index (χ2v) is 5.17. The number of benzene rings is 2. The molecule has 2 rings (SSSR count). The first-order valence-electron chi connectivity index (χ1n) is 5.71. The van der Waals surface area contributed by atoms with Crippen LogP contribution in [0.3, 0.4) is 0 Å². The van der Waals surface area contributed by atoms with Gasteiger partial charge < -0.3 is 10.5 Å². The van der Waals surface area contributed by atoms with Gasteiger partial charge in [0.2, 0.25) is 0 Å². The molecular formula is C14H16ClNO2S. The topological polar surface area (TPSA) is 52.3 Å². The van der Waals surface area contributed by atoms with E-state index < -0.39 is 10.8 Å². The molecule has 0 aliphatic rings. The van der Waals surface area contributed by atoms with Gasteiger partial charge in [-0.3, -0.25) is 0 Å². The summed E-state index contributed by atoms with van der Waals surface area (Å²) < 4.78 is 17.6. The lowest BCUT2D eigenvalue weighted by atomic mass is 10.3. The Morgan fingerprint density at radius 2 is 1.53 bits per heavy atom. The zero-order valence-corrected chi connectivity index (χ0v) is 12.0. The van der Waals surface area contributed by atoms with Crippen molar-refractivity contribution in [1.29, 1.82) is 0 Å². The molecule has 0 aliphatic carbocycles. The van der Waals surface area contributed by atoms with Crippen LogP contribution in [0.25, 0.3) is 0 Å². The maximum absolute atomic E-state index is 12.2. The Kier molecular flexibility index (Phi) is 6.56. The molecule has 1 unspecified atom stereocenters. The summed E-state index contributed by atoms with van der Waals surface area (Å²) in [5.74, 6) is 0.745. The molecule has 2 aromatic rings. The molecule has 5 heteroatoms. The second kappa shape index (κ2) is 7.94. The molecule has 0 saturated heterocycles. The van der Waals surface area contributed by atoms with E-state index in [1.54, 1.807) is 0 Å². The van der Waals surface area contributed by atoms with Crippen LogP contribution < -0.4 is 10.5 Å². The molecule has 0 bridgehead atoms. The molecule has 19 heavy (non-hydrogen) atoms. The summed E-state index contributed by atoms with van der Waals surface area (Å²) >= 11 is 0. The molecule has 1 atom stereocenters. The molecule has 102 valence electrons. The highest BCUT2D eigenvalue weighted by molar-refractivity contribution is 7.85. The monoisotopic (exact) mass is 297 g/mol. The summed E-state index contributed by atoms with van der Waals surface area (Å²) in [5.41, 5.74) is 5.36. The third-order valence-corrected chi connectivity index (χ3v) is 3.78. The Labute approximate surface area is 121 Å². The van der Waals surface area contributed by atoms with Gasteiger partial charge in [0, 0.05) is 16.3 Å². The van der Waals surface area contributed by atoms with E-state index in [-0.39, 0.29) is 12.4 Å². The largest absolute Gasteiger partial charge is 0.492 e. The first-order valence-corrected chi connectivity index (χ1v) is 6.86. The number of nitrogens with two attached hydrogens (primary N) is 1. The Balaban J connectivity index is 0.00000180. The maximum atomic E-state index is 12.2. The standard InChI is InChI=1S/C14H15NO2S.ClH/c15-10-11-17-12-6-8-14(9-7-12)18(16)13-4-2-1-3-5-13;/h1-9H,10-11,15H2;1H. The second-order valence-electron chi connectivity index (χ2n) is 3.69. The van der Waals surface area contributed by atoms with Gasteiger partial charge in [0.25, 0.3) is 0 Å². The minimum atomic E-state index is -1.14. The lowest BCUT2D eigenvalue weighted by Gasteiger charge is -2.06. The van der Waals surface area contributed by atoms with E-state index in [4.69, 9.17) is 10.5 Å². The van der Waals surface area contributed by atoms with Crippen molar-refractivity contribution in [3.63, 3.8) is 0 Å². The molecule has 3 nitrogen and oxygen atoms in total. The Morgan fingerprint density at radius 3 is 2.11 bits per heavy atom. The van der Waals surface area contributed by atoms with E-state index in [1.807, 2.05) is 54.6 Å². The molecule has 0 radical (unpaired) electrons. The van der Waals surface area contributed by atoms with Crippen LogP contribution >= 0.6 is 12.4 Å². The van der Waals surface area contributed by atoms with Crippen LogP contribution in [0.5, 0.6) is 5.75 Å². The number of hydrogen-bond donors (Lipinski definition) is 1. The first-order chi connectivity index (χ1) is 8.81. The highest BCUT2D eigenvalue weighted by Crippen LogP contribution is 2.19. The summed E-state index contributed by atoms with van der Waals surface area (Å²) in [6, 6.07) is 16.6. The minimum absolute atomic E-state index is 0. The van der Waals surface area contributed by atoms with Gasteiger partial charge in [0.1, 0.15) is 12.4 Å². The lowest BCUT2D eigenvalue weighted by Crippen LogP contribution is -2.10. The Hall–Kier alpha value is -1.36. The summed E-state index contributed by atoms with van der Waals surface area (Å²) in [7, 11) is -1.14. The SMILES string of the molecule is Cl.NCCOc1ccc(S(=O)c2ccccc2)cc1. The van der Waals surface area contributed by atoms with Crippen LogP contribution in [-0.4, -0.2) is 17.4 Å². The van der Waals surface area contributed by atoms with Crippen LogP contribution in [0.1, 0.15) is 0 Å². The van der Waals surface area contributed by atoms with Gasteiger partial charge in [-0.05, 0) is 36.4 Å². The van der Waals surface area contributed by atoms with Crippen molar-refractivity contribution in [1.82, 2.24) is 0 Å². The zero-order chi connectivity index (χ0) is 12.8. The molecule has 0 aromatic heterocycles. The van der Waals surface area contributed by atoms with Crippen molar-refractivity contribution in [2.24, 2.45) is 5.73 Å². The third-order valence-electron chi connectivity index (χ3n) is 2.38. The fraction of sp³-hybridized carbons (Fsp3) is 0.143. The quantitative estimate of drug-likeness (QED) is 0.923. The predicted octanol–water partition coefficient (Wildman–Crippen LogP) is 2.61. The minimum Gasteiger partial charge on any atom is -0.492 e. The molecule has 0 aliphatic heterocycles. The van der Waals surface area contributed by atoms with Crippen molar-refractivity contribution < 1.29 is 8.95 Å². The van der Waals surface area contributed by atoms with E-state index >= 15 is 0 Å². The van der Waals surface area contributed by atoms with Crippen molar-refractivity contribution in [3.05, 3.63) is 54.6 Å².